The van der Waals surface area contributed by atoms with E-state index in [0.717, 1.165) is 19.3 Å². The van der Waals surface area contributed by atoms with Crippen LogP contribution in [-0.4, -0.2) is 45.4 Å². The lowest BCUT2D eigenvalue weighted by Crippen LogP contribution is -2.38. The minimum absolute atomic E-state index is 0.275. The summed E-state index contributed by atoms with van der Waals surface area (Å²) in [7, 11) is -4.15. The Kier molecular flexibility index (Phi) is 7.86. The maximum absolute atomic E-state index is 13.9. The van der Waals surface area contributed by atoms with E-state index in [-0.39, 0.29) is 12.4 Å². The normalized spacial score (nSPS) is 23.4. The van der Waals surface area contributed by atoms with Gasteiger partial charge in [0.1, 0.15) is 42.4 Å². The summed E-state index contributed by atoms with van der Waals surface area (Å²) >= 11 is 0. The Labute approximate surface area is 226 Å². The molecule has 4 atom stereocenters. The molecule has 3 aromatic rings. The SMILES string of the molecule is C[C@H](NP(=O)(OC[C@]1(C#N)CC[C@H](c2ccc3c(N)ncnn23)O1)Oc1ccccc1)C(=O)OCC1CCC1. The van der Waals surface area contributed by atoms with Gasteiger partial charge in [0.25, 0.3) is 0 Å². The predicted octanol–water partition coefficient (Wildman–Crippen LogP) is 3.95. The highest BCUT2D eigenvalue weighted by Gasteiger charge is 2.45. The number of carbonyl (C=O) groups is 1. The first-order chi connectivity index (χ1) is 18.8. The second-order valence-corrected chi connectivity index (χ2v) is 11.6. The number of carbonyl (C=O) groups excluding carboxylic acids is 1. The lowest BCUT2D eigenvalue weighted by atomic mass is 9.86. The fourth-order valence-electron chi connectivity index (χ4n) is 4.57. The van der Waals surface area contributed by atoms with Gasteiger partial charge in [0, 0.05) is 0 Å². The first kappa shape index (κ1) is 27.1. The van der Waals surface area contributed by atoms with Crippen molar-refractivity contribution >= 4 is 25.1 Å². The molecular formula is C26H31N6O6P. The van der Waals surface area contributed by atoms with E-state index in [1.165, 1.54) is 13.3 Å². The maximum atomic E-state index is 13.9. The molecule has 0 spiro atoms. The molecule has 1 aliphatic carbocycles. The number of hydrogen-bond donors (Lipinski definition) is 2. The number of nitrogens with zero attached hydrogens (tertiary/aromatic N) is 4. The van der Waals surface area contributed by atoms with Gasteiger partial charge in [-0.15, -0.1) is 0 Å². The Morgan fingerprint density at radius 1 is 1.31 bits per heavy atom. The van der Waals surface area contributed by atoms with Crippen molar-refractivity contribution in [3.63, 3.8) is 0 Å². The number of nitrogens with two attached hydrogens (primary N) is 1. The maximum Gasteiger partial charge on any atom is 0.459 e. The number of ether oxygens (including phenoxy) is 2. The molecule has 13 heteroatoms. The van der Waals surface area contributed by atoms with Crippen molar-refractivity contribution < 1.29 is 27.9 Å². The van der Waals surface area contributed by atoms with Crippen LogP contribution in [0, 0.1) is 17.2 Å². The molecule has 0 amide bonds. The Balaban J connectivity index is 1.29. The highest BCUT2D eigenvalue weighted by atomic mass is 31.2. The van der Waals surface area contributed by atoms with Crippen LogP contribution in [0.5, 0.6) is 5.75 Å². The molecule has 2 aliphatic rings. The molecule has 1 aliphatic heterocycles. The number of fused-ring (bicyclic) bond motifs is 1. The molecule has 0 radical (unpaired) electrons. The van der Waals surface area contributed by atoms with E-state index < -0.39 is 31.5 Å². The number of aromatic nitrogens is 3. The Morgan fingerprint density at radius 3 is 2.82 bits per heavy atom. The van der Waals surface area contributed by atoms with Crippen LogP contribution in [0.4, 0.5) is 5.82 Å². The summed E-state index contributed by atoms with van der Waals surface area (Å²) in [6.07, 6.45) is 4.88. The van der Waals surface area contributed by atoms with E-state index in [1.54, 1.807) is 40.9 Å². The number of nitrogens with one attached hydrogen (secondary N) is 1. The lowest BCUT2D eigenvalue weighted by Gasteiger charge is -2.28. The van der Waals surface area contributed by atoms with Gasteiger partial charge in [-0.3, -0.25) is 9.32 Å². The number of hydrogen-bond acceptors (Lipinski definition) is 10. The van der Waals surface area contributed by atoms with E-state index in [4.69, 9.17) is 24.3 Å². The quantitative estimate of drug-likeness (QED) is 0.261. The molecular weight excluding hydrogens is 523 g/mol. The Bertz CT molecular complexity index is 1410. The summed E-state index contributed by atoms with van der Waals surface area (Å²) in [6, 6.07) is 13.3. The second-order valence-electron chi connectivity index (χ2n) is 9.90. The van der Waals surface area contributed by atoms with Crippen molar-refractivity contribution in [1.29, 1.82) is 5.26 Å². The molecule has 1 saturated heterocycles. The third kappa shape index (κ3) is 6.07. The van der Waals surface area contributed by atoms with Crippen LogP contribution in [0.3, 0.4) is 0 Å². The number of nitriles is 1. The molecule has 39 heavy (non-hydrogen) atoms. The molecule has 5 rings (SSSR count). The lowest BCUT2D eigenvalue weighted by molar-refractivity contribution is -0.147. The van der Waals surface area contributed by atoms with Gasteiger partial charge in [0.2, 0.25) is 0 Å². The van der Waals surface area contributed by atoms with E-state index in [2.05, 4.69) is 21.2 Å². The fraction of sp³-hybridized carbons (Fsp3) is 0.462. The van der Waals surface area contributed by atoms with Crippen LogP contribution in [0.1, 0.15) is 50.8 Å². The van der Waals surface area contributed by atoms with Crippen molar-refractivity contribution in [2.75, 3.05) is 18.9 Å². The Morgan fingerprint density at radius 2 is 2.10 bits per heavy atom. The zero-order chi connectivity index (χ0) is 27.5. The van der Waals surface area contributed by atoms with Gasteiger partial charge < -0.3 is 19.7 Å². The summed E-state index contributed by atoms with van der Waals surface area (Å²) in [5.41, 5.74) is 5.88. The van der Waals surface area contributed by atoms with Crippen molar-refractivity contribution in [1.82, 2.24) is 19.7 Å². The molecule has 1 unspecified atom stereocenters. The predicted molar refractivity (Wildman–Crippen MR) is 140 cm³/mol. The first-order valence-corrected chi connectivity index (χ1v) is 14.4. The minimum Gasteiger partial charge on any atom is -0.464 e. The highest BCUT2D eigenvalue weighted by molar-refractivity contribution is 7.52. The zero-order valence-corrected chi connectivity index (χ0v) is 22.5. The average molecular weight is 555 g/mol. The molecule has 1 aromatic carbocycles. The molecule has 3 N–H and O–H groups in total. The van der Waals surface area contributed by atoms with Gasteiger partial charge >= 0.3 is 13.7 Å². The molecule has 3 heterocycles. The Hall–Kier alpha value is -3.49. The van der Waals surface area contributed by atoms with Crippen LogP contribution in [-0.2, 0) is 23.4 Å². The molecule has 12 nitrogen and oxygen atoms in total. The van der Waals surface area contributed by atoms with Crippen molar-refractivity contribution in [2.24, 2.45) is 5.92 Å². The van der Waals surface area contributed by atoms with Gasteiger partial charge in [0.05, 0.1) is 12.3 Å². The number of rotatable bonds is 11. The first-order valence-electron chi connectivity index (χ1n) is 12.9. The number of nitrogen functional groups attached to an aromatic ring is 1. The molecule has 2 aromatic heterocycles. The highest BCUT2D eigenvalue weighted by Crippen LogP contribution is 2.48. The summed E-state index contributed by atoms with van der Waals surface area (Å²) in [6.45, 7) is 1.50. The van der Waals surface area contributed by atoms with Crippen molar-refractivity contribution in [2.45, 2.75) is 56.8 Å². The molecule has 206 valence electrons. The number of esters is 1. The van der Waals surface area contributed by atoms with Crippen molar-refractivity contribution in [3.05, 3.63) is 54.5 Å². The third-order valence-corrected chi connectivity index (χ3v) is 8.67. The molecule has 0 bridgehead atoms. The summed E-state index contributed by atoms with van der Waals surface area (Å²) in [5, 5.41) is 17.0. The number of anilines is 1. The van der Waals surface area contributed by atoms with Crippen LogP contribution >= 0.6 is 7.75 Å². The van der Waals surface area contributed by atoms with Crippen LogP contribution in [0.2, 0.25) is 0 Å². The van der Waals surface area contributed by atoms with E-state index in [1.807, 2.05) is 6.07 Å². The topological polar surface area (TPSA) is 163 Å². The summed E-state index contributed by atoms with van der Waals surface area (Å²) in [4.78, 5) is 16.6. The summed E-state index contributed by atoms with van der Waals surface area (Å²) < 4.78 is 38.6. The number of para-hydroxylation sites is 1. The monoisotopic (exact) mass is 554 g/mol. The van der Waals surface area contributed by atoms with Gasteiger partial charge in [0.15, 0.2) is 11.4 Å². The van der Waals surface area contributed by atoms with Gasteiger partial charge in [-0.1, -0.05) is 24.6 Å². The summed E-state index contributed by atoms with van der Waals surface area (Å²) in [5.74, 6) is 0.412. The van der Waals surface area contributed by atoms with Gasteiger partial charge in [-0.05, 0) is 62.8 Å². The number of benzene rings is 1. The zero-order valence-electron chi connectivity index (χ0n) is 21.6. The van der Waals surface area contributed by atoms with Crippen LogP contribution in [0.25, 0.3) is 5.52 Å². The molecule has 2 fully saturated rings. The largest absolute Gasteiger partial charge is 0.464 e. The van der Waals surface area contributed by atoms with E-state index in [0.29, 0.717) is 42.4 Å². The smallest absolute Gasteiger partial charge is 0.459 e. The molecule has 1 saturated carbocycles. The van der Waals surface area contributed by atoms with E-state index >= 15 is 0 Å². The van der Waals surface area contributed by atoms with Gasteiger partial charge in [-0.2, -0.15) is 15.4 Å². The van der Waals surface area contributed by atoms with Gasteiger partial charge in [-0.25, -0.2) is 14.1 Å². The fourth-order valence-corrected chi connectivity index (χ4v) is 6.11. The van der Waals surface area contributed by atoms with Crippen LogP contribution < -0.4 is 15.3 Å². The van der Waals surface area contributed by atoms with Crippen molar-refractivity contribution in [3.8, 4) is 11.8 Å². The average Bonchev–Trinajstić information content (AvgIpc) is 3.53. The standard InChI is InChI=1S/C26H31N6O6P/c1-18(25(33)35-14-19-6-5-7-19)31-39(34,38-20-8-3-2-4-9-20)36-16-26(15-27)13-12-23(37-26)21-10-11-22-24(28)29-17-30-32(21)22/h2-4,8-11,17-19,23H,5-7,12-14,16H2,1H3,(H,31,34)(H2,28,29,30)/t18-,23+,26+,39?/m0/s1. The minimum atomic E-state index is -4.15. The van der Waals surface area contributed by atoms with E-state index in [9.17, 15) is 14.6 Å². The van der Waals surface area contributed by atoms with Crippen LogP contribution in [0.15, 0.2) is 48.8 Å². The third-order valence-electron chi connectivity index (χ3n) is 7.05. The second kappa shape index (κ2) is 11.3.